The Bertz CT molecular complexity index is 917. The summed E-state index contributed by atoms with van der Waals surface area (Å²) in [5.74, 6) is -0.588. The average molecular weight is 396 g/mol. The Labute approximate surface area is 157 Å². The molecule has 0 bridgehead atoms. The van der Waals surface area contributed by atoms with Crippen LogP contribution in [0.1, 0.15) is 5.56 Å². The minimum Gasteiger partial charge on any atom is -0.504 e. The van der Waals surface area contributed by atoms with E-state index >= 15 is 0 Å². The van der Waals surface area contributed by atoms with E-state index in [-0.39, 0.29) is 16.7 Å². The summed E-state index contributed by atoms with van der Waals surface area (Å²) < 4.78 is 18.7. The van der Waals surface area contributed by atoms with Crippen LogP contribution in [0.4, 0.5) is 10.1 Å². The SMILES string of the molecule is COc1cc(C=C2SC(=S)N(c3ccc(F)c(Cl)c3)C2=O)ccc1O. The predicted molar refractivity (Wildman–Crippen MR) is 102 cm³/mol. The first-order valence-corrected chi connectivity index (χ1v) is 8.61. The van der Waals surface area contributed by atoms with Gasteiger partial charge in [-0.15, -0.1) is 0 Å². The number of ether oxygens (including phenoxy) is 1. The fraction of sp³-hybridized carbons (Fsp3) is 0.0588. The highest BCUT2D eigenvalue weighted by Gasteiger charge is 2.33. The average Bonchev–Trinajstić information content (AvgIpc) is 2.86. The van der Waals surface area contributed by atoms with E-state index in [1.807, 2.05) is 0 Å². The molecule has 0 unspecified atom stereocenters. The maximum atomic E-state index is 13.3. The number of amides is 1. The van der Waals surface area contributed by atoms with Gasteiger partial charge in [-0.2, -0.15) is 0 Å². The molecule has 1 fully saturated rings. The molecule has 1 saturated heterocycles. The zero-order valence-electron chi connectivity index (χ0n) is 12.8. The van der Waals surface area contributed by atoms with E-state index < -0.39 is 5.82 Å². The summed E-state index contributed by atoms with van der Waals surface area (Å²) in [6.07, 6.45) is 1.65. The molecule has 128 valence electrons. The van der Waals surface area contributed by atoms with Gasteiger partial charge in [-0.25, -0.2) is 4.39 Å². The van der Waals surface area contributed by atoms with Crippen molar-refractivity contribution < 1.29 is 19.0 Å². The largest absolute Gasteiger partial charge is 0.504 e. The summed E-state index contributed by atoms with van der Waals surface area (Å²) in [4.78, 5) is 14.4. The van der Waals surface area contributed by atoms with Gasteiger partial charge in [-0.3, -0.25) is 9.69 Å². The van der Waals surface area contributed by atoms with Crippen LogP contribution in [0.5, 0.6) is 11.5 Å². The summed E-state index contributed by atoms with van der Waals surface area (Å²) in [6.45, 7) is 0. The zero-order chi connectivity index (χ0) is 18.1. The second kappa shape index (κ2) is 7.03. The highest BCUT2D eigenvalue weighted by molar-refractivity contribution is 8.27. The van der Waals surface area contributed by atoms with Crippen molar-refractivity contribution in [1.82, 2.24) is 0 Å². The molecule has 8 heteroatoms. The zero-order valence-corrected chi connectivity index (χ0v) is 15.2. The van der Waals surface area contributed by atoms with Crippen LogP contribution in [0, 0.1) is 5.82 Å². The van der Waals surface area contributed by atoms with Crippen molar-refractivity contribution in [3.8, 4) is 11.5 Å². The van der Waals surface area contributed by atoms with Crippen molar-refractivity contribution in [1.29, 1.82) is 0 Å². The Morgan fingerprint density at radius 3 is 2.76 bits per heavy atom. The number of methoxy groups -OCH3 is 1. The molecule has 0 aliphatic carbocycles. The fourth-order valence-electron chi connectivity index (χ4n) is 2.25. The van der Waals surface area contributed by atoms with Crippen LogP contribution in [0.3, 0.4) is 0 Å². The summed E-state index contributed by atoms with van der Waals surface area (Å²) in [7, 11) is 1.44. The number of carbonyl (C=O) groups excluding carboxylic acids is 1. The van der Waals surface area contributed by atoms with Gasteiger partial charge in [-0.05, 0) is 42.0 Å². The minimum atomic E-state index is -0.567. The van der Waals surface area contributed by atoms with Gasteiger partial charge in [0, 0.05) is 0 Å². The second-order valence-corrected chi connectivity index (χ2v) is 7.13. The number of phenols is 1. The van der Waals surface area contributed by atoms with Crippen LogP contribution in [0.15, 0.2) is 41.3 Å². The maximum absolute atomic E-state index is 13.3. The van der Waals surface area contributed by atoms with Crippen molar-refractivity contribution in [2.45, 2.75) is 0 Å². The monoisotopic (exact) mass is 395 g/mol. The molecular formula is C17H11ClFNO3S2. The van der Waals surface area contributed by atoms with E-state index in [1.165, 1.54) is 36.3 Å². The Morgan fingerprint density at radius 1 is 1.32 bits per heavy atom. The number of hydrogen-bond donors (Lipinski definition) is 1. The van der Waals surface area contributed by atoms with Gasteiger partial charge in [0.15, 0.2) is 15.8 Å². The molecule has 2 aromatic carbocycles. The molecule has 0 saturated carbocycles. The number of thioether (sulfide) groups is 1. The van der Waals surface area contributed by atoms with Gasteiger partial charge < -0.3 is 9.84 Å². The van der Waals surface area contributed by atoms with Gasteiger partial charge in [0.1, 0.15) is 5.82 Å². The standard InChI is InChI=1S/C17H11ClFNO3S2/c1-23-14-6-9(2-5-13(14)21)7-15-16(22)20(17(24)25-15)10-3-4-12(19)11(18)8-10/h2-8,21H,1H3. The van der Waals surface area contributed by atoms with E-state index in [9.17, 15) is 14.3 Å². The number of aromatic hydroxyl groups is 1. The Kier molecular flexibility index (Phi) is 4.99. The number of carbonyl (C=O) groups is 1. The molecular weight excluding hydrogens is 385 g/mol. The Balaban J connectivity index is 1.94. The molecule has 1 N–H and O–H groups in total. The first kappa shape index (κ1) is 17.7. The fourth-order valence-corrected chi connectivity index (χ4v) is 3.72. The predicted octanol–water partition coefficient (Wildman–Crippen LogP) is 4.60. The van der Waals surface area contributed by atoms with Crippen LogP contribution in [-0.4, -0.2) is 22.4 Å². The third-order valence-corrected chi connectivity index (χ3v) is 5.05. The lowest BCUT2D eigenvalue weighted by atomic mass is 10.2. The topological polar surface area (TPSA) is 49.8 Å². The number of halogens is 2. The van der Waals surface area contributed by atoms with Gasteiger partial charge in [0.05, 0.1) is 22.7 Å². The highest BCUT2D eigenvalue weighted by Crippen LogP contribution is 2.37. The number of nitrogens with zero attached hydrogens (tertiary/aromatic N) is 1. The first-order chi connectivity index (χ1) is 11.9. The van der Waals surface area contributed by atoms with Crippen LogP contribution >= 0.6 is 35.6 Å². The molecule has 1 heterocycles. The minimum absolute atomic E-state index is 0.00755. The number of anilines is 1. The van der Waals surface area contributed by atoms with Gasteiger partial charge in [0.2, 0.25) is 0 Å². The molecule has 1 amide bonds. The van der Waals surface area contributed by atoms with E-state index in [0.717, 1.165) is 11.8 Å². The van der Waals surface area contributed by atoms with Crippen molar-refractivity contribution in [3.05, 3.63) is 57.7 Å². The number of thiocarbonyl (C=S) groups is 1. The molecule has 1 aliphatic heterocycles. The normalized spacial score (nSPS) is 16.0. The van der Waals surface area contributed by atoms with Gasteiger partial charge >= 0.3 is 0 Å². The van der Waals surface area contributed by atoms with Gasteiger partial charge in [0.25, 0.3) is 5.91 Å². The van der Waals surface area contributed by atoms with Gasteiger partial charge in [-0.1, -0.05) is 41.6 Å². The van der Waals surface area contributed by atoms with E-state index in [1.54, 1.807) is 18.2 Å². The van der Waals surface area contributed by atoms with Crippen LogP contribution in [-0.2, 0) is 4.79 Å². The molecule has 0 aromatic heterocycles. The quantitative estimate of drug-likeness (QED) is 0.608. The first-order valence-electron chi connectivity index (χ1n) is 7.00. The number of rotatable bonds is 3. The van der Waals surface area contributed by atoms with Crippen LogP contribution in [0.2, 0.25) is 5.02 Å². The molecule has 25 heavy (non-hydrogen) atoms. The van der Waals surface area contributed by atoms with Crippen molar-refractivity contribution in [2.75, 3.05) is 12.0 Å². The molecule has 3 rings (SSSR count). The summed E-state index contributed by atoms with van der Waals surface area (Å²) in [5, 5.41) is 9.55. The second-order valence-electron chi connectivity index (χ2n) is 5.05. The summed E-state index contributed by atoms with van der Waals surface area (Å²) >= 11 is 12.2. The summed E-state index contributed by atoms with van der Waals surface area (Å²) in [5.41, 5.74) is 1.08. The van der Waals surface area contributed by atoms with E-state index in [0.29, 0.717) is 26.2 Å². The molecule has 0 radical (unpaired) electrons. The van der Waals surface area contributed by atoms with Crippen LogP contribution < -0.4 is 9.64 Å². The van der Waals surface area contributed by atoms with E-state index in [4.69, 9.17) is 28.6 Å². The van der Waals surface area contributed by atoms with Crippen molar-refractivity contribution in [3.63, 3.8) is 0 Å². The number of benzene rings is 2. The molecule has 4 nitrogen and oxygen atoms in total. The highest BCUT2D eigenvalue weighted by atomic mass is 35.5. The van der Waals surface area contributed by atoms with Crippen LogP contribution in [0.25, 0.3) is 6.08 Å². The molecule has 1 aliphatic rings. The number of hydrogen-bond acceptors (Lipinski definition) is 5. The lowest BCUT2D eigenvalue weighted by Gasteiger charge is -2.14. The Morgan fingerprint density at radius 2 is 2.08 bits per heavy atom. The van der Waals surface area contributed by atoms with E-state index in [2.05, 4.69) is 0 Å². The Hall–Kier alpha value is -2.09. The molecule has 0 atom stereocenters. The molecule has 2 aromatic rings. The van der Waals surface area contributed by atoms with Crippen molar-refractivity contribution >= 4 is 57.6 Å². The smallest absolute Gasteiger partial charge is 0.270 e. The third-order valence-electron chi connectivity index (χ3n) is 3.46. The maximum Gasteiger partial charge on any atom is 0.270 e. The lowest BCUT2D eigenvalue weighted by molar-refractivity contribution is -0.113. The lowest BCUT2D eigenvalue weighted by Crippen LogP contribution is -2.27. The summed E-state index contributed by atoms with van der Waals surface area (Å²) in [6, 6.07) is 8.72. The molecule has 0 spiro atoms. The number of phenolic OH excluding ortho intramolecular Hbond substituents is 1. The third kappa shape index (κ3) is 3.49. The van der Waals surface area contributed by atoms with Crippen molar-refractivity contribution in [2.24, 2.45) is 0 Å².